The van der Waals surface area contributed by atoms with Crippen molar-refractivity contribution < 1.29 is 4.42 Å². The van der Waals surface area contributed by atoms with Gasteiger partial charge in [-0.1, -0.05) is 116 Å². The van der Waals surface area contributed by atoms with Gasteiger partial charge in [-0.05, 0) is 100.0 Å². The van der Waals surface area contributed by atoms with Crippen LogP contribution >= 0.6 is 0 Å². The molecule has 228 valence electrons. The second-order valence-corrected chi connectivity index (χ2v) is 12.3. The highest BCUT2D eigenvalue weighted by molar-refractivity contribution is 6.11. The minimum atomic E-state index is 0.646. The molecule has 0 spiro atoms. The van der Waals surface area contributed by atoms with Crippen molar-refractivity contribution in [2.24, 2.45) is 0 Å². The van der Waals surface area contributed by atoms with E-state index in [4.69, 9.17) is 9.40 Å². The Labute approximate surface area is 279 Å². The maximum absolute atomic E-state index is 6.13. The van der Waals surface area contributed by atoms with Gasteiger partial charge in [-0.25, -0.2) is 4.98 Å². The number of nitrogens with zero attached hydrogens (tertiary/aromatic N) is 2. The minimum absolute atomic E-state index is 0.646. The van der Waals surface area contributed by atoms with Gasteiger partial charge in [-0.2, -0.15) is 0 Å². The second-order valence-electron chi connectivity index (χ2n) is 12.3. The Morgan fingerprint density at radius 2 is 1.10 bits per heavy atom. The third-order valence-electron chi connectivity index (χ3n) is 9.45. The number of aromatic nitrogens is 2. The molecule has 0 unspecified atom stereocenters. The lowest BCUT2D eigenvalue weighted by molar-refractivity contribution is 0.620. The third kappa shape index (κ3) is 4.71. The summed E-state index contributed by atoms with van der Waals surface area (Å²) < 4.78 is 8.49. The van der Waals surface area contributed by atoms with Crippen LogP contribution in [0.25, 0.3) is 83.4 Å². The Hall–Kier alpha value is -6.19. The Morgan fingerprint density at radius 3 is 1.85 bits per heavy atom. The third-order valence-corrected chi connectivity index (χ3v) is 9.45. The summed E-state index contributed by atoms with van der Waals surface area (Å²) in [4.78, 5) is 4.80. The van der Waals surface area contributed by atoms with Gasteiger partial charge in [-0.15, -0.1) is 0 Å². The molecule has 0 aliphatic heterocycles. The van der Waals surface area contributed by atoms with Crippen molar-refractivity contribution in [2.75, 3.05) is 0 Å². The van der Waals surface area contributed by atoms with Crippen LogP contribution in [-0.2, 0) is 6.42 Å². The number of hydrogen-bond acceptors (Lipinski definition) is 2. The predicted octanol–water partition coefficient (Wildman–Crippen LogP) is 12.2. The van der Waals surface area contributed by atoms with E-state index < -0.39 is 0 Å². The van der Waals surface area contributed by atoms with E-state index in [0.717, 1.165) is 28.6 Å². The molecule has 3 heteroatoms. The zero-order chi connectivity index (χ0) is 32.0. The standard InChI is InChI=1S/C45H32N2O/c1-2-30-20-27-44-41(28-30)46-45(48-44)32-23-21-31(22-24-32)35-14-6-8-16-37(35)38-17-9-7-15-36(38)33-25-26-43-40(29-33)39-18-10-11-19-42(39)47(43)34-12-4-3-5-13-34/h3-29H,2H2,1H3. The summed E-state index contributed by atoms with van der Waals surface area (Å²) >= 11 is 0. The van der Waals surface area contributed by atoms with Gasteiger partial charge in [0.1, 0.15) is 5.52 Å². The highest BCUT2D eigenvalue weighted by Crippen LogP contribution is 2.41. The number of aryl methyl sites for hydroxylation is 1. The maximum Gasteiger partial charge on any atom is 0.227 e. The molecule has 0 saturated heterocycles. The molecule has 0 radical (unpaired) electrons. The Kier molecular flexibility index (Phi) is 6.76. The second kappa shape index (κ2) is 11.6. The van der Waals surface area contributed by atoms with E-state index in [2.05, 4.69) is 169 Å². The van der Waals surface area contributed by atoms with Crippen molar-refractivity contribution in [2.45, 2.75) is 13.3 Å². The van der Waals surface area contributed by atoms with Gasteiger partial charge in [0.25, 0.3) is 0 Å². The molecular weight excluding hydrogens is 585 g/mol. The SMILES string of the molecule is CCc1ccc2oc(-c3ccc(-c4ccccc4-c4ccccc4-c4ccc5c(c4)c4ccccc4n5-c4ccccc4)cc3)nc2c1. The van der Waals surface area contributed by atoms with Crippen LogP contribution in [-0.4, -0.2) is 9.55 Å². The molecule has 2 aromatic heterocycles. The zero-order valence-corrected chi connectivity index (χ0v) is 26.6. The van der Waals surface area contributed by atoms with Gasteiger partial charge in [0, 0.05) is 22.0 Å². The molecular formula is C45H32N2O. The van der Waals surface area contributed by atoms with E-state index in [1.807, 2.05) is 6.07 Å². The van der Waals surface area contributed by atoms with Crippen LogP contribution in [0.5, 0.6) is 0 Å². The highest BCUT2D eigenvalue weighted by atomic mass is 16.3. The topological polar surface area (TPSA) is 31.0 Å². The smallest absolute Gasteiger partial charge is 0.227 e. The largest absolute Gasteiger partial charge is 0.436 e. The molecule has 0 atom stereocenters. The molecule has 2 heterocycles. The van der Waals surface area contributed by atoms with Gasteiger partial charge in [0.05, 0.1) is 11.0 Å². The number of hydrogen-bond donors (Lipinski definition) is 0. The Morgan fingerprint density at radius 1 is 0.500 bits per heavy atom. The Bertz CT molecular complexity index is 2590. The molecule has 9 rings (SSSR count). The fourth-order valence-corrected chi connectivity index (χ4v) is 7.04. The van der Waals surface area contributed by atoms with Gasteiger partial charge in [0.15, 0.2) is 5.58 Å². The van der Waals surface area contributed by atoms with Crippen LogP contribution in [0, 0.1) is 0 Å². The van der Waals surface area contributed by atoms with E-state index >= 15 is 0 Å². The van der Waals surface area contributed by atoms with E-state index in [0.29, 0.717) is 5.89 Å². The van der Waals surface area contributed by atoms with Crippen LogP contribution in [0.4, 0.5) is 0 Å². The zero-order valence-electron chi connectivity index (χ0n) is 26.6. The molecule has 48 heavy (non-hydrogen) atoms. The molecule has 7 aromatic carbocycles. The molecule has 3 nitrogen and oxygen atoms in total. The summed E-state index contributed by atoms with van der Waals surface area (Å²) in [5.74, 6) is 0.646. The number of fused-ring (bicyclic) bond motifs is 4. The molecule has 0 aliphatic carbocycles. The van der Waals surface area contributed by atoms with Crippen molar-refractivity contribution >= 4 is 32.9 Å². The lowest BCUT2D eigenvalue weighted by Gasteiger charge is -2.15. The number of rotatable bonds is 6. The first kappa shape index (κ1) is 28.1. The molecule has 0 saturated carbocycles. The summed E-state index contributed by atoms with van der Waals surface area (Å²) in [5.41, 5.74) is 14.7. The lowest BCUT2D eigenvalue weighted by Crippen LogP contribution is -1.93. The van der Waals surface area contributed by atoms with Crippen LogP contribution < -0.4 is 0 Å². The number of para-hydroxylation sites is 2. The maximum atomic E-state index is 6.13. The molecule has 0 amide bonds. The summed E-state index contributed by atoms with van der Waals surface area (Å²) in [5, 5.41) is 2.50. The average molecular weight is 617 g/mol. The highest BCUT2D eigenvalue weighted by Gasteiger charge is 2.17. The van der Waals surface area contributed by atoms with E-state index in [1.165, 1.54) is 60.9 Å². The van der Waals surface area contributed by atoms with Gasteiger partial charge in [-0.3, -0.25) is 0 Å². The molecule has 0 fully saturated rings. The molecule has 9 aromatic rings. The first-order chi connectivity index (χ1) is 23.7. The molecule has 0 N–H and O–H groups in total. The fraction of sp³-hybridized carbons (Fsp3) is 0.0444. The monoisotopic (exact) mass is 616 g/mol. The summed E-state index contributed by atoms with van der Waals surface area (Å²) in [6.07, 6.45) is 0.975. The summed E-state index contributed by atoms with van der Waals surface area (Å²) in [6, 6.07) is 58.5. The van der Waals surface area contributed by atoms with E-state index in [1.54, 1.807) is 0 Å². The van der Waals surface area contributed by atoms with Crippen LogP contribution in [0.15, 0.2) is 168 Å². The van der Waals surface area contributed by atoms with E-state index in [-0.39, 0.29) is 0 Å². The predicted molar refractivity (Wildman–Crippen MR) is 199 cm³/mol. The van der Waals surface area contributed by atoms with Crippen LogP contribution in [0.1, 0.15) is 12.5 Å². The average Bonchev–Trinajstić information content (AvgIpc) is 3.74. The van der Waals surface area contributed by atoms with Crippen molar-refractivity contribution in [1.82, 2.24) is 9.55 Å². The first-order valence-corrected chi connectivity index (χ1v) is 16.5. The van der Waals surface area contributed by atoms with Crippen molar-refractivity contribution in [1.29, 1.82) is 0 Å². The van der Waals surface area contributed by atoms with Crippen LogP contribution in [0.3, 0.4) is 0 Å². The van der Waals surface area contributed by atoms with Gasteiger partial charge >= 0.3 is 0 Å². The number of oxazole rings is 1. The van der Waals surface area contributed by atoms with Gasteiger partial charge in [0.2, 0.25) is 5.89 Å². The summed E-state index contributed by atoms with van der Waals surface area (Å²) in [6.45, 7) is 2.15. The van der Waals surface area contributed by atoms with Crippen molar-refractivity contribution in [3.05, 3.63) is 169 Å². The lowest BCUT2D eigenvalue weighted by atomic mass is 9.89. The Balaban J connectivity index is 1.13. The molecule has 0 aliphatic rings. The van der Waals surface area contributed by atoms with E-state index in [9.17, 15) is 0 Å². The van der Waals surface area contributed by atoms with Gasteiger partial charge < -0.3 is 8.98 Å². The minimum Gasteiger partial charge on any atom is -0.436 e. The molecule has 0 bridgehead atoms. The van der Waals surface area contributed by atoms with Crippen LogP contribution in [0.2, 0.25) is 0 Å². The number of benzene rings is 7. The van der Waals surface area contributed by atoms with Crippen molar-refractivity contribution in [3.63, 3.8) is 0 Å². The first-order valence-electron chi connectivity index (χ1n) is 16.5. The summed E-state index contributed by atoms with van der Waals surface area (Å²) in [7, 11) is 0. The normalized spacial score (nSPS) is 11.5. The van der Waals surface area contributed by atoms with Crippen molar-refractivity contribution in [3.8, 4) is 50.5 Å². The quantitative estimate of drug-likeness (QED) is 0.186. The fourth-order valence-electron chi connectivity index (χ4n) is 7.04.